The van der Waals surface area contributed by atoms with Gasteiger partial charge in [-0.25, -0.2) is 0 Å². The largest absolute Gasteiger partial charge is 0.381 e. The van der Waals surface area contributed by atoms with Crippen molar-refractivity contribution in [3.63, 3.8) is 0 Å². The van der Waals surface area contributed by atoms with Gasteiger partial charge in [-0.1, -0.05) is 92.2 Å². The van der Waals surface area contributed by atoms with Crippen molar-refractivity contribution in [2.75, 3.05) is 40.8 Å². The van der Waals surface area contributed by atoms with Gasteiger partial charge in [0.25, 0.3) is 0 Å². The van der Waals surface area contributed by atoms with Gasteiger partial charge in [0.1, 0.15) is 0 Å². The van der Waals surface area contributed by atoms with E-state index in [0.717, 1.165) is 23.7 Å². The van der Waals surface area contributed by atoms with Gasteiger partial charge in [-0.3, -0.25) is 0 Å². The number of hydrogen-bond acceptors (Lipinski definition) is 2. The lowest BCUT2D eigenvalue weighted by atomic mass is 9.59. The molecule has 5 aliphatic rings. The maximum atomic E-state index is 5.77. The Labute approximate surface area is 271 Å². The van der Waals surface area contributed by atoms with Crippen molar-refractivity contribution in [2.45, 2.75) is 164 Å². The van der Waals surface area contributed by atoms with E-state index in [1.807, 2.05) is 26.5 Å². The van der Waals surface area contributed by atoms with Crippen LogP contribution in [-0.4, -0.2) is 51.4 Å². The molecule has 5 rings (SSSR count). The summed E-state index contributed by atoms with van der Waals surface area (Å²) in [6.07, 6.45) is 26.1. The standard InChI is InChI=1S/C26H42O.C11H26N.C2H6.CH5N/c1-18(2)7-5-6-8-19-9-10-22-24(19,3)14-13-23-25-16-12-21(27-4)17-20(25)11-15-26(22,23)25;1-5-8-10-12(4,7-3)11-9-6-2;2*1-2/h11,18-19,21-23H,5-10,12-17H2,1-4H3;5-11H2,1-4H3;1-2H3;2H2,1H3/q;+1;;. The first kappa shape index (κ1) is 38.8. The zero-order valence-corrected chi connectivity index (χ0v) is 31.3. The third kappa shape index (κ3) is 7.78. The minimum atomic E-state index is 0.503. The van der Waals surface area contributed by atoms with E-state index >= 15 is 0 Å². The molecule has 7 atom stereocenters. The van der Waals surface area contributed by atoms with Crippen molar-refractivity contribution in [1.82, 2.24) is 0 Å². The fourth-order valence-electron chi connectivity index (χ4n) is 10.9. The molecule has 3 heteroatoms. The number of rotatable bonds is 13. The van der Waals surface area contributed by atoms with E-state index in [4.69, 9.17) is 4.74 Å². The quantitative estimate of drug-likeness (QED) is 0.129. The molecule has 0 aromatic heterocycles. The molecule has 7 unspecified atom stereocenters. The van der Waals surface area contributed by atoms with Crippen LogP contribution in [0.4, 0.5) is 0 Å². The summed E-state index contributed by atoms with van der Waals surface area (Å²) in [5.41, 5.74) is 8.33. The highest BCUT2D eigenvalue weighted by molar-refractivity contribution is 5.46. The summed E-state index contributed by atoms with van der Waals surface area (Å²) < 4.78 is 7.05. The summed E-state index contributed by atoms with van der Waals surface area (Å²) in [6.45, 7) is 22.4. The predicted octanol–water partition coefficient (Wildman–Crippen LogP) is 10.8. The summed E-state index contributed by atoms with van der Waals surface area (Å²) >= 11 is 0. The molecule has 5 aliphatic carbocycles. The third-order valence-electron chi connectivity index (χ3n) is 13.4. The van der Waals surface area contributed by atoms with Crippen molar-refractivity contribution < 1.29 is 9.22 Å². The number of quaternary nitrogens is 1. The average Bonchev–Trinajstić information content (AvgIpc) is 3.24. The Balaban J connectivity index is 0.000000343. The van der Waals surface area contributed by atoms with Crippen LogP contribution in [0.5, 0.6) is 0 Å². The number of fused-ring (bicyclic) bond motifs is 1. The molecule has 0 saturated heterocycles. The van der Waals surface area contributed by atoms with Gasteiger partial charge in [-0.15, -0.1) is 0 Å². The zero-order valence-electron chi connectivity index (χ0n) is 31.3. The van der Waals surface area contributed by atoms with Gasteiger partial charge in [0.05, 0.1) is 32.8 Å². The second kappa shape index (κ2) is 17.5. The van der Waals surface area contributed by atoms with Gasteiger partial charge in [0.15, 0.2) is 0 Å². The smallest absolute Gasteiger partial charge is 0.0784 e. The number of allylic oxidation sites excluding steroid dienone is 1. The minimum absolute atomic E-state index is 0.503. The summed E-state index contributed by atoms with van der Waals surface area (Å²) in [5.74, 6) is 3.96. The molecule has 0 amide bonds. The lowest BCUT2D eigenvalue weighted by Crippen LogP contribution is -2.45. The number of nitrogens with two attached hydrogens (primary N) is 1. The maximum Gasteiger partial charge on any atom is 0.0784 e. The molecule has 2 spiro atoms. The molecule has 4 saturated carbocycles. The van der Waals surface area contributed by atoms with Crippen LogP contribution in [0, 0.1) is 39.9 Å². The maximum absolute atomic E-state index is 5.77. The monoisotopic (exact) mass is 604 g/mol. The van der Waals surface area contributed by atoms with Crippen LogP contribution < -0.4 is 5.73 Å². The van der Waals surface area contributed by atoms with E-state index in [-0.39, 0.29) is 0 Å². The first-order valence-corrected chi connectivity index (χ1v) is 19.3. The molecule has 43 heavy (non-hydrogen) atoms. The fourth-order valence-corrected chi connectivity index (χ4v) is 10.9. The molecule has 0 aromatic carbocycles. The highest BCUT2D eigenvalue weighted by Crippen LogP contribution is 2.90. The first-order valence-electron chi connectivity index (χ1n) is 19.3. The van der Waals surface area contributed by atoms with Crippen LogP contribution >= 0.6 is 0 Å². The number of ether oxygens (including phenoxy) is 1. The third-order valence-corrected chi connectivity index (χ3v) is 13.4. The average molecular weight is 604 g/mol. The van der Waals surface area contributed by atoms with Gasteiger partial charge >= 0.3 is 0 Å². The van der Waals surface area contributed by atoms with Gasteiger partial charge in [-0.05, 0) is 119 Å². The Hall–Kier alpha value is -0.380. The van der Waals surface area contributed by atoms with Crippen LogP contribution in [-0.2, 0) is 4.74 Å². The highest BCUT2D eigenvalue weighted by Gasteiger charge is 2.84. The van der Waals surface area contributed by atoms with Crippen molar-refractivity contribution in [3.05, 3.63) is 11.6 Å². The van der Waals surface area contributed by atoms with Gasteiger partial charge in [0.2, 0.25) is 0 Å². The van der Waals surface area contributed by atoms with Gasteiger partial charge in [-0.2, -0.15) is 0 Å². The van der Waals surface area contributed by atoms with E-state index in [0.29, 0.717) is 22.3 Å². The summed E-state index contributed by atoms with van der Waals surface area (Å²) in [6, 6.07) is 0. The number of nitrogens with zero attached hydrogens (tertiary/aromatic N) is 1. The lowest BCUT2D eigenvalue weighted by Gasteiger charge is -2.45. The summed E-state index contributed by atoms with van der Waals surface area (Å²) in [7, 11) is 5.82. The van der Waals surface area contributed by atoms with E-state index in [1.54, 1.807) is 6.42 Å². The van der Waals surface area contributed by atoms with Crippen molar-refractivity contribution >= 4 is 0 Å². The number of methoxy groups -OCH3 is 1. The van der Waals surface area contributed by atoms with E-state index in [1.165, 1.54) is 127 Å². The Morgan fingerprint density at radius 1 is 0.907 bits per heavy atom. The molecule has 254 valence electrons. The Kier molecular flexibility index (Phi) is 15.8. The normalized spacial score (nSPS) is 35.0. The van der Waals surface area contributed by atoms with Crippen LogP contribution in [0.15, 0.2) is 11.6 Å². The summed E-state index contributed by atoms with van der Waals surface area (Å²) in [4.78, 5) is 0. The zero-order chi connectivity index (χ0) is 32.3. The van der Waals surface area contributed by atoms with E-state index in [2.05, 4.69) is 60.4 Å². The van der Waals surface area contributed by atoms with Crippen molar-refractivity contribution in [1.29, 1.82) is 0 Å². The molecular weight excluding hydrogens is 524 g/mol. The Morgan fingerprint density at radius 3 is 2.12 bits per heavy atom. The Morgan fingerprint density at radius 2 is 1.56 bits per heavy atom. The van der Waals surface area contributed by atoms with E-state index in [9.17, 15) is 0 Å². The molecule has 4 fully saturated rings. The van der Waals surface area contributed by atoms with Gasteiger partial charge < -0.3 is 15.0 Å². The minimum Gasteiger partial charge on any atom is -0.381 e. The molecular formula is C40H79N2O+. The van der Waals surface area contributed by atoms with Crippen LogP contribution in [0.2, 0.25) is 0 Å². The summed E-state index contributed by atoms with van der Waals surface area (Å²) in [5, 5.41) is 0. The van der Waals surface area contributed by atoms with Crippen molar-refractivity contribution in [2.24, 2.45) is 45.7 Å². The highest BCUT2D eigenvalue weighted by atomic mass is 16.5. The first-order chi connectivity index (χ1) is 20.7. The van der Waals surface area contributed by atoms with Gasteiger partial charge in [0, 0.05) is 12.5 Å². The van der Waals surface area contributed by atoms with E-state index < -0.39 is 0 Å². The number of hydrogen-bond donors (Lipinski definition) is 1. The topological polar surface area (TPSA) is 35.2 Å². The predicted molar refractivity (Wildman–Crippen MR) is 190 cm³/mol. The van der Waals surface area contributed by atoms with Crippen LogP contribution in [0.3, 0.4) is 0 Å². The number of unbranched alkanes of at least 4 members (excludes halogenated alkanes) is 3. The fraction of sp³-hybridized carbons (Fsp3) is 0.950. The van der Waals surface area contributed by atoms with Crippen LogP contribution in [0.25, 0.3) is 0 Å². The SMILES string of the molecule is CC.CCCC[N+](C)(CC)CCCC.CN.COC1CCC23C(=CCC24C2CCC(CCCCC(C)C)C2(C)CCC34)C1. The molecule has 0 aliphatic heterocycles. The molecule has 2 N–H and O–H groups in total. The molecule has 0 aromatic rings. The molecule has 0 radical (unpaired) electrons. The second-order valence-corrected chi connectivity index (χ2v) is 15.7. The molecule has 0 heterocycles. The molecule has 0 bridgehead atoms. The second-order valence-electron chi connectivity index (χ2n) is 15.7. The lowest BCUT2D eigenvalue weighted by molar-refractivity contribution is -0.908. The van der Waals surface area contributed by atoms with Crippen LogP contribution in [0.1, 0.15) is 158 Å². The molecule has 3 nitrogen and oxygen atoms in total. The Bertz CT molecular complexity index is 813. The van der Waals surface area contributed by atoms with Crippen molar-refractivity contribution in [3.8, 4) is 0 Å².